The monoisotopic (exact) mass is 382 g/mol. The Hall–Kier alpha value is -2.22. The second kappa shape index (κ2) is 7.57. The van der Waals surface area contributed by atoms with E-state index in [2.05, 4.69) is 59.3 Å². The molecule has 2 aromatic heterocycles. The third kappa shape index (κ3) is 3.80. The molecule has 0 radical (unpaired) electrons. The Bertz CT molecular complexity index is 1010. The molecule has 0 bridgehead atoms. The predicted octanol–water partition coefficient (Wildman–Crippen LogP) is 3.31. The number of nitrogens with zero attached hydrogens (tertiary/aromatic N) is 4. The molecule has 4 rings (SSSR count). The highest BCUT2D eigenvalue weighted by Gasteiger charge is 2.21. The molecule has 132 valence electrons. The van der Waals surface area contributed by atoms with Gasteiger partial charge in [-0.3, -0.25) is 0 Å². The fraction of sp³-hybridized carbons (Fsp3) is 0.211. The molecule has 0 fully saturated rings. The maximum atomic E-state index is 4.71. The molecule has 0 aliphatic rings. The van der Waals surface area contributed by atoms with Crippen molar-refractivity contribution in [2.45, 2.75) is 29.5 Å². The number of benzene rings is 2. The van der Waals surface area contributed by atoms with Gasteiger partial charge in [0, 0.05) is 12.2 Å². The first-order valence-electron chi connectivity index (χ1n) is 8.46. The second-order valence-corrected chi connectivity index (χ2v) is 8.46. The summed E-state index contributed by atoms with van der Waals surface area (Å²) < 4.78 is 2.86. The smallest absolute Gasteiger partial charge is 0.235 e. The van der Waals surface area contributed by atoms with Crippen molar-refractivity contribution in [3.05, 3.63) is 77.1 Å². The van der Waals surface area contributed by atoms with Gasteiger partial charge in [0.2, 0.25) is 10.8 Å². The maximum Gasteiger partial charge on any atom is 0.235 e. The van der Waals surface area contributed by atoms with Crippen LogP contribution in [-0.4, -0.2) is 19.8 Å². The molecule has 1 atom stereocenters. The van der Waals surface area contributed by atoms with Crippen LogP contribution in [0, 0.1) is 6.92 Å². The minimum atomic E-state index is 0.0177. The van der Waals surface area contributed by atoms with Crippen LogP contribution in [0.1, 0.15) is 28.6 Å². The molecule has 0 aliphatic heterocycles. The van der Waals surface area contributed by atoms with Crippen molar-refractivity contribution in [1.82, 2.24) is 19.8 Å². The lowest BCUT2D eigenvalue weighted by Crippen LogP contribution is -2.55. The van der Waals surface area contributed by atoms with Crippen LogP contribution in [0.15, 0.2) is 58.9 Å². The van der Waals surface area contributed by atoms with E-state index in [1.54, 1.807) is 23.1 Å². The lowest BCUT2D eigenvalue weighted by atomic mass is 10.1. The van der Waals surface area contributed by atoms with E-state index in [1.807, 2.05) is 22.7 Å². The van der Waals surface area contributed by atoms with Crippen molar-refractivity contribution in [3.8, 4) is 0 Å². The van der Waals surface area contributed by atoms with Crippen LogP contribution in [0.4, 0.5) is 0 Å². The van der Waals surface area contributed by atoms with Crippen molar-refractivity contribution in [3.63, 3.8) is 0 Å². The van der Waals surface area contributed by atoms with E-state index in [4.69, 9.17) is 5.10 Å². The molecule has 26 heavy (non-hydrogen) atoms. The van der Waals surface area contributed by atoms with Crippen LogP contribution in [0.3, 0.4) is 0 Å². The van der Waals surface area contributed by atoms with E-state index in [0.29, 0.717) is 0 Å². The van der Waals surface area contributed by atoms with E-state index < -0.39 is 0 Å². The minimum Gasteiger partial charge on any atom is -0.348 e. The van der Waals surface area contributed by atoms with Gasteiger partial charge < -0.3 is 5.73 Å². The quantitative estimate of drug-likeness (QED) is 0.519. The number of rotatable bonds is 6. The molecule has 4 aromatic rings. The van der Waals surface area contributed by atoms with Crippen molar-refractivity contribution < 1.29 is 5.73 Å². The summed E-state index contributed by atoms with van der Waals surface area (Å²) in [7, 11) is 0. The molecule has 5 nitrogen and oxygen atoms in total. The Morgan fingerprint density at radius 3 is 2.69 bits per heavy atom. The summed E-state index contributed by atoms with van der Waals surface area (Å²) in [5, 5.41) is 13.3. The van der Waals surface area contributed by atoms with Crippen LogP contribution >= 0.6 is 23.1 Å². The first-order valence-corrected chi connectivity index (χ1v) is 10.3. The zero-order valence-electron chi connectivity index (χ0n) is 14.5. The average molecular weight is 383 g/mol. The molecule has 0 saturated heterocycles. The van der Waals surface area contributed by atoms with Gasteiger partial charge in [-0.05, 0) is 18.1 Å². The average Bonchev–Trinajstić information content (AvgIpc) is 3.21. The summed E-state index contributed by atoms with van der Waals surface area (Å²) in [6, 6.07) is 18.9. The van der Waals surface area contributed by atoms with Gasteiger partial charge in [0.05, 0.1) is 0 Å². The first-order chi connectivity index (χ1) is 12.7. The Morgan fingerprint density at radius 1 is 1.08 bits per heavy atom. The van der Waals surface area contributed by atoms with Gasteiger partial charge in [-0.2, -0.15) is 4.52 Å². The molecular weight excluding hydrogens is 362 g/mol. The Morgan fingerprint density at radius 2 is 1.88 bits per heavy atom. The third-order valence-electron chi connectivity index (χ3n) is 4.13. The predicted molar refractivity (Wildman–Crippen MR) is 105 cm³/mol. The number of quaternary nitrogens is 1. The number of aromatic nitrogens is 4. The molecule has 2 heterocycles. The molecular formula is C19H20N5S2+. The Labute approximate surface area is 160 Å². The van der Waals surface area contributed by atoms with Gasteiger partial charge in [0.25, 0.3) is 0 Å². The van der Waals surface area contributed by atoms with E-state index in [9.17, 15) is 0 Å². The largest absolute Gasteiger partial charge is 0.348 e. The normalized spacial score (nSPS) is 12.5. The number of hydrogen-bond donors (Lipinski definition) is 1. The molecule has 0 aliphatic carbocycles. The van der Waals surface area contributed by atoms with Gasteiger partial charge in [-0.25, -0.2) is 0 Å². The molecule has 0 saturated carbocycles. The Kier molecular flexibility index (Phi) is 5.01. The topological polar surface area (TPSA) is 70.7 Å². The number of hydrogen-bond acceptors (Lipinski definition) is 5. The summed E-state index contributed by atoms with van der Waals surface area (Å²) in [5.74, 6) is 1.72. The summed E-state index contributed by atoms with van der Waals surface area (Å²) in [4.78, 5) is 0.827. The summed E-state index contributed by atoms with van der Waals surface area (Å²) >= 11 is 3.31. The van der Waals surface area contributed by atoms with E-state index >= 15 is 0 Å². The highest BCUT2D eigenvalue weighted by atomic mass is 32.2. The highest BCUT2D eigenvalue weighted by Crippen LogP contribution is 2.28. The van der Waals surface area contributed by atoms with Gasteiger partial charge in [0.15, 0.2) is 10.4 Å². The van der Waals surface area contributed by atoms with Crippen molar-refractivity contribution in [1.29, 1.82) is 0 Å². The molecule has 0 spiro atoms. The fourth-order valence-electron chi connectivity index (χ4n) is 2.86. The number of thioether (sulfide) groups is 1. The summed E-state index contributed by atoms with van der Waals surface area (Å²) in [5.41, 5.74) is 8.10. The third-order valence-corrected chi connectivity index (χ3v) is 6.23. The van der Waals surface area contributed by atoms with Gasteiger partial charge in [0.1, 0.15) is 0 Å². The molecule has 7 heteroatoms. The summed E-state index contributed by atoms with van der Waals surface area (Å²) in [6.45, 7) is 2.12. The minimum absolute atomic E-state index is 0.0177. The standard InChI is InChI=1S/C19H19N5S2/c1-13-6-5-9-15(10-13)12-25-19-23-24-17(21-22-18(24)26-19)16(20)11-14-7-3-2-4-8-14/h2-10,16H,11-12,20H2,1H3/p+1/t16-/m0/s1. The van der Waals surface area contributed by atoms with Crippen LogP contribution in [0.25, 0.3) is 4.96 Å². The van der Waals surface area contributed by atoms with Crippen molar-refractivity contribution in [2.75, 3.05) is 0 Å². The van der Waals surface area contributed by atoms with Crippen LogP contribution < -0.4 is 5.73 Å². The van der Waals surface area contributed by atoms with Crippen LogP contribution in [0.2, 0.25) is 0 Å². The molecule has 3 N–H and O–H groups in total. The lowest BCUT2D eigenvalue weighted by Gasteiger charge is -2.05. The van der Waals surface area contributed by atoms with Gasteiger partial charge in [-0.15, -0.1) is 15.3 Å². The maximum absolute atomic E-state index is 4.71. The molecule has 2 aromatic carbocycles. The van der Waals surface area contributed by atoms with E-state index in [-0.39, 0.29) is 6.04 Å². The zero-order valence-corrected chi connectivity index (χ0v) is 16.1. The van der Waals surface area contributed by atoms with Crippen LogP contribution in [-0.2, 0) is 12.2 Å². The fourth-order valence-corrected chi connectivity index (χ4v) is 4.69. The lowest BCUT2D eigenvalue weighted by molar-refractivity contribution is -0.428. The second-order valence-electron chi connectivity index (χ2n) is 6.28. The van der Waals surface area contributed by atoms with E-state index in [0.717, 1.165) is 27.3 Å². The van der Waals surface area contributed by atoms with Gasteiger partial charge in [-0.1, -0.05) is 83.3 Å². The van der Waals surface area contributed by atoms with E-state index in [1.165, 1.54) is 16.7 Å². The Balaban J connectivity index is 1.49. The van der Waals surface area contributed by atoms with Gasteiger partial charge >= 0.3 is 0 Å². The SMILES string of the molecule is Cc1cccc(CSc2nn3c([C@@H]([NH3+])Cc4ccccc4)nnc3s2)c1. The number of fused-ring (bicyclic) bond motifs is 1. The van der Waals surface area contributed by atoms with Crippen molar-refractivity contribution in [2.24, 2.45) is 0 Å². The summed E-state index contributed by atoms with van der Waals surface area (Å²) in [6.07, 6.45) is 0.824. The highest BCUT2D eigenvalue weighted by molar-refractivity contribution is 8.00. The zero-order chi connectivity index (χ0) is 17.9. The number of aryl methyl sites for hydroxylation is 1. The van der Waals surface area contributed by atoms with Crippen molar-refractivity contribution >= 4 is 28.1 Å². The first kappa shape index (κ1) is 17.2. The molecule has 0 unspecified atom stereocenters. The van der Waals surface area contributed by atoms with Crippen LogP contribution in [0.5, 0.6) is 0 Å². The molecule has 0 amide bonds.